The summed E-state index contributed by atoms with van der Waals surface area (Å²) >= 11 is 4.46. The molecule has 1 aromatic heterocycles. The molecule has 2 aromatic carbocycles. The quantitative estimate of drug-likeness (QED) is 0.726. The van der Waals surface area contributed by atoms with Gasteiger partial charge in [0.05, 0.1) is 11.1 Å². The average Bonchev–Trinajstić information content (AvgIpc) is 2.54. The molecule has 0 spiro atoms. The first-order valence-corrected chi connectivity index (χ1v) is 7.09. The van der Waals surface area contributed by atoms with Gasteiger partial charge in [-0.3, -0.25) is 9.78 Å². The van der Waals surface area contributed by atoms with E-state index in [1.54, 1.807) is 12.3 Å². The van der Waals surface area contributed by atoms with Gasteiger partial charge in [-0.15, -0.1) is 12.6 Å². The summed E-state index contributed by atoms with van der Waals surface area (Å²) in [5.41, 5.74) is 2.35. The van der Waals surface area contributed by atoms with Crippen LogP contribution in [0.2, 0.25) is 0 Å². The second-order valence-electron chi connectivity index (χ2n) is 4.71. The predicted octanol–water partition coefficient (Wildman–Crippen LogP) is 3.45. The zero-order chi connectivity index (χ0) is 14.7. The van der Waals surface area contributed by atoms with Crippen LogP contribution in [0.1, 0.15) is 15.9 Å². The molecule has 1 N–H and O–H groups in total. The van der Waals surface area contributed by atoms with E-state index in [4.69, 9.17) is 0 Å². The maximum Gasteiger partial charge on any atom is 0.252 e. The monoisotopic (exact) mass is 294 g/mol. The summed E-state index contributed by atoms with van der Waals surface area (Å²) in [7, 11) is 0. The third-order valence-electron chi connectivity index (χ3n) is 3.29. The van der Waals surface area contributed by atoms with Gasteiger partial charge >= 0.3 is 0 Å². The molecule has 0 fully saturated rings. The summed E-state index contributed by atoms with van der Waals surface area (Å²) in [5.74, 6) is -0.142. The number of carbonyl (C=O) groups is 1. The molecular formula is C17H14N2OS. The number of amides is 1. The van der Waals surface area contributed by atoms with Crippen molar-refractivity contribution >= 4 is 29.4 Å². The minimum absolute atomic E-state index is 0.142. The molecule has 0 aliphatic rings. The number of nitrogens with one attached hydrogen (secondary N) is 1. The predicted molar refractivity (Wildman–Crippen MR) is 86.6 cm³/mol. The normalized spacial score (nSPS) is 10.5. The van der Waals surface area contributed by atoms with E-state index in [0.29, 0.717) is 17.0 Å². The lowest BCUT2D eigenvalue weighted by Crippen LogP contribution is -2.23. The van der Waals surface area contributed by atoms with Crippen molar-refractivity contribution in [3.63, 3.8) is 0 Å². The molecule has 1 heterocycles. The fraction of sp³-hybridized carbons (Fsp3) is 0.0588. The molecule has 0 saturated heterocycles. The van der Waals surface area contributed by atoms with Gasteiger partial charge in [0, 0.05) is 23.0 Å². The third kappa shape index (κ3) is 2.90. The van der Waals surface area contributed by atoms with Crippen LogP contribution in [0.5, 0.6) is 0 Å². The van der Waals surface area contributed by atoms with E-state index in [1.807, 2.05) is 48.5 Å². The number of carbonyl (C=O) groups excluding carboxylic acids is 1. The summed E-state index contributed by atoms with van der Waals surface area (Å²) in [6, 6.07) is 17.3. The molecule has 3 nitrogen and oxygen atoms in total. The lowest BCUT2D eigenvalue weighted by Gasteiger charge is -2.09. The van der Waals surface area contributed by atoms with Gasteiger partial charge in [-0.25, -0.2) is 0 Å². The van der Waals surface area contributed by atoms with Crippen molar-refractivity contribution in [3.8, 4) is 0 Å². The Morgan fingerprint density at radius 3 is 2.67 bits per heavy atom. The highest BCUT2D eigenvalue weighted by Crippen LogP contribution is 2.23. The number of fused-ring (bicyclic) bond motifs is 1. The Morgan fingerprint density at radius 1 is 1.05 bits per heavy atom. The van der Waals surface area contributed by atoms with Crippen LogP contribution in [0.15, 0.2) is 65.7 Å². The minimum Gasteiger partial charge on any atom is -0.348 e. The Labute approximate surface area is 128 Å². The number of benzene rings is 2. The highest BCUT2D eigenvalue weighted by molar-refractivity contribution is 7.80. The van der Waals surface area contributed by atoms with Crippen LogP contribution in [-0.2, 0) is 6.54 Å². The molecule has 3 rings (SSSR count). The Bertz CT molecular complexity index is 787. The van der Waals surface area contributed by atoms with Gasteiger partial charge in [0.1, 0.15) is 0 Å². The lowest BCUT2D eigenvalue weighted by atomic mass is 10.1. The zero-order valence-corrected chi connectivity index (χ0v) is 12.2. The summed E-state index contributed by atoms with van der Waals surface area (Å²) in [6.07, 6.45) is 1.70. The van der Waals surface area contributed by atoms with Gasteiger partial charge < -0.3 is 5.32 Å². The first kappa shape index (κ1) is 13.6. The topological polar surface area (TPSA) is 42.0 Å². The SMILES string of the molecule is O=C(NCc1ccccc1)c1ccc2cccnc2c1S. The number of rotatable bonds is 3. The van der Waals surface area contributed by atoms with Crippen molar-refractivity contribution in [2.24, 2.45) is 0 Å². The first-order chi connectivity index (χ1) is 10.3. The number of hydrogen-bond donors (Lipinski definition) is 2. The Kier molecular flexibility index (Phi) is 3.88. The van der Waals surface area contributed by atoms with Crippen molar-refractivity contribution < 1.29 is 4.79 Å². The van der Waals surface area contributed by atoms with E-state index >= 15 is 0 Å². The number of nitrogens with zero attached hydrogens (tertiary/aromatic N) is 1. The number of thiol groups is 1. The lowest BCUT2D eigenvalue weighted by molar-refractivity contribution is 0.0948. The fourth-order valence-corrected chi connectivity index (χ4v) is 2.55. The third-order valence-corrected chi connectivity index (χ3v) is 3.74. The van der Waals surface area contributed by atoms with E-state index in [0.717, 1.165) is 16.5 Å². The molecule has 4 heteroatoms. The molecule has 0 aliphatic heterocycles. The second-order valence-corrected chi connectivity index (χ2v) is 5.15. The van der Waals surface area contributed by atoms with Crippen LogP contribution < -0.4 is 5.32 Å². The zero-order valence-electron chi connectivity index (χ0n) is 11.3. The molecule has 21 heavy (non-hydrogen) atoms. The largest absolute Gasteiger partial charge is 0.348 e. The molecule has 0 saturated carbocycles. The van der Waals surface area contributed by atoms with Crippen molar-refractivity contribution in [3.05, 3.63) is 71.9 Å². The highest BCUT2D eigenvalue weighted by atomic mass is 32.1. The molecular weight excluding hydrogens is 280 g/mol. The van der Waals surface area contributed by atoms with E-state index in [9.17, 15) is 4.79 Å². The van der Waals surface area contributed by atoms with Gasteiger partial charge in [-0.05, 0) is 17.7 Å². The maximum absolute atomic E-state index is 12.3. The minimum atomic E-state index is -0.142. The summed E-state index contributed by atoms with van der Waals surface area (Å²) < 4.78 is 0. The molecule has 0 radical (unpaired) electrons. The Hall–Kier alpha value is -2.33. The number of pyridine rings is 1. The van der Waals surface area contributed by atoms with E-state index in [1.165, 1.54) is 0 Å². The van der Waals surface area contributed by atoms with Crippen LogP contribution in [-0.4, -0.2) is 10.9 Å². The van der Waals surface area contributed by atoms with Crippen molar-refractivity contribution in [2.45, 2.75) is 11.4 Å². The number of hydrogen-bond acceptors (Lipinski definition) is 3. The molecule has 1 amide bonds. The highest BCUT2D eigenvalue weighted by Gasteiger charge is 2.12. The van der Waals surface area contributed by atoms with Crippen LogP contribution >= 0.6 is 12.6 Å². The molecule has 0 atom stereocenters. The van der Waals surface area contributed by atoms with Gasteiger partial charge in [0.25, 0.3) is 5.91 Å². The molecule has 0 aliphatic carbocycles. The maximum atomic E-state index is 12.3. The molecule has 104 valence electrons. The fourth-order valence-electron chi connectivity index (χ4n) is 2.19. The molecule has 0 bridgehead atoms. The van der Waals surface area contributed by atoms with Gasteiger partial charge in [-0.1, -0.05) is 42.5 Å². The summed E-state index contributed by atoms with van der Waals surface area (Å²) in [4.78, 5) is 17.2. The van der Waals surface area contributed by atoms with Crippen molar-refractivity contribution in [2.75, 3.05) is 0 Å². The molecule has 0 unspecified atom stereocenters. The van der Waals surface area contributed by atoms with Gasteiger partial charge in [0.2, 0.25) is 0 Å². The Balaban J connectivity index is 1.83. The van der Waals surface area contributed by atoms with Crippen LogP contribution in [0.3, 0.4) is 0 Å². The van der Waals surface area contributed by atoms with Crippen LogP contribution in [0, 0.1) is 0 Å². The van der Waals surface area contributed by atoms with Crippen molar-refractivity contribution in [1.82, 2.24) is 10.3 Å². The summed E-state index contributed by atoms with van der Waals surface area (Å²) in [6.45, 7) is 0.493. The number of aromatic nitrogens is 1. The smallest absolute Gasteiger partial charge is 0.252 e. The van der Waals surface area contributed by atoms with Crippen LogP contribution in [0.4, 0.5) is 0 Å². The standard InChI is InChI=1S/C17H14N2OS/c20-17(19-11-12-5-2-1-3-6-12)14-9-8-13-7-4-10-18-15(13)16(14)21/h1-10,21H,11H2,(H,19,20). The van der Waals surface area contributed by atoms with Gasteiger partial charge in [-0.2, -0.15) is 0 Å². The summed E-state index contributed by atoms with van der Waals surface area (Å²) in [5, 5.41) is 3.88. The Morgan fingerprint density at radius 2 is 1.86 bits per heavy atom. The average molecular weight is 294 g/mol. The van der Waals surface area contributed by atoms with Gasteiger partial charge in [0.15, 0.2) is 0 Å². The van der Waals surface area contributed by atoms with E-state index < -0.39 is 0 Å². The first-order valence-electron chi connectivity index (χ1n) is 6.64. The molecule has 3 aromatic rings. The second kappa shape index (κ2) is 5.97. The van der Waals surface area contributed by atoms with E-state index in [-0.39, 0.29) is 5.91 Å². The van der Waals surface area contributed by atoms with Crippen molar-refractivity contribution in [1.29, 1.82) is 0 Å². The van der Waals surface area contributed by atoms with Crippen LogP contribution in [0.25, 0.3) is 10.9 Å². The van der Waals surface area contributed by atoms with E-state index in [2.05, 4.69) is 22.9 Å².